The second-order valence-corrected chi connectivity index (χ2v) is 4.92. The number of amides is 1. The molecule has 0 unspecified atom stereocenters. The van der Waals surface area contributed by atoms with E-state index >= 15 is 0 Å². The van der Waals surface area contributed by atoms with Crippen molar-refractivity contribution < 1.29 is 14.3 Å². The summed E-state index contributed by atoms with van der Waals surface area (Å²) in [6.07, 6.45) is 3.07. The summed E-state index contributed by atoms with van der Waals surface area (Å²) in [4.78, 5) is 12.4. The molecule has 0 spiro atoms. The number of hydrogen-bond acceptors (Lipinski definition) is 4. The molecule has 0 aliphatic heterocycles. The van der Waals surface area contributed by atoms with Crippen LogP contribution in [-0.2, 0) is 4.79 Å². The number of nitrogens with one attached hydrogen (secondary N) is 1. The Kier molecular flexibility index (Phi) is 4.14. The number of hydrogen-bond donors (Lipinski definition) is 1. The molecule has 1 saturated carbocycles. The van der Waals surface area contributed by atoms with Crippen LogP contribution in [0.5, 0.6) is 11.5 Å². The fourth-order valence-corrected chi connectivity index (χ4v) is 2.51. The molecule has 20 heavy (non-hydrogen) atoms. The van der Waals surface area contributed by atoms with Crippen LogP contribution in [0.2, 0.25) is 0 Å². The largest absolute Gasteiger partial charge is 0.497 e. The van der Waals surface area contributed by atoms with E-state index in [4.69, 9.17) is 9.47 Å². The molecule has 1 aromatic carbocycles. The molecule has 0 aromatic heterocycles. The van der Waals surface area contributed by atoms with Crippen LogP contribution in [0.15, 0.2) is 18.2 Å². The molecule has 0 bridgehead atoms. The summed E-state index contributed by atoms with van der Waals surface area (Å²) in [5.41, 5.74) is -0.342. The molecule has 2 rings (SSSR count). The van der Waals surface area contributed by atoms with Crippen LogP contribution in [0, 0.1) is 16.7 Å². The molecule has 0 radical (unpaired) electrons. The van der Waals surface area contributed by atoms with E-state index in [1.165, 1.54) is 7.11 Å². The number of anilines is 1. The van der Waals surface area contributed by atoms with E-state index in [2.05, 4.69) is 11.4 Å². The van der Waals surface area contributed by atoms with Gasteiger partial charge in [0, 0.05) is 6.07 Å². The number of nitriles is 1. The first-order chi connectivity index (χ1) is 9.65. The topological polar surface area (TPSA) is 71.3 Å². The van der Waals surface area contributed by atoms with E-state index in [0.29, 0.717) is 30.0 Å². The van der Waals surface area contributed by atoms with Crippen LogP contribution in [0.25, 0.3) is 0 Å². The van der Waals surface area contributed by atoms with Crippen molar-refractivity contribution in [3.05, 3.63) is 18.2 Å². The lowest BCUT2D eigenvalue weighted by atomic mass is 9.87. The molecule has 1 fully saturated rings. The Morgan fingerprint density at radius 3 is 2.55 bits per heavy atom. The molecule has 5 nitrogen and oxygen atoms in total. The number of methoxy groups -OCH3 is 2. The van der Waals surface area contributed by atoms with Crippen LogP contribution in [0.4, 0.5) is 5.69 Å². The van der Waals surface area contributed by atoms with E-state index in [1.807, 2.05) is 0 Å². The van der Waals surface area contributed by atoms with Gasteiger partial charge >= 0.3 is 0 Å². The third-order valence-corrected chi connectivity index (χ3v) is 3.76. The third kappa shape index (κ3) is 2.55. The zero-order valence-corrected chi connectivity index (χ0v) is 11.7. The van der Waals surface area contributed by atoms with Crippen LogP contribution < -0.4 is 14.8 Å². The predicted octanol–water partition coefficient (Wildman–Crippen LogP) is 2.73. The van der Waals surface area contributed by atoms with Gasteiger partial charge in [0.05, 0.1) is 26.0 Å². The lowest BCUT2D eigenvalue weighted by molar-refractivity contribution is -0.122. The molecule has 0 heterocycles. The molecular weight excluding hydrogens is 256 g/mol. The zero-order chi connectivity index (χ0) is 14.6. The average molecular weight is 274 g/mol. The van der Waals surface area contributed by atoms with Crippen molar-refractivity contribution in [2.45, 2.75) is 25.7 Å². The summed E-state index contributed by atoms with van der Waals surface area (Å²) in [6, 6.07) is 7.34. The highest BCUT2D eigenvalue weighted by atomic mass is 16.5. The first-order valence-electron chi connectivity index (χ1n) is 6.60. The highest BCUT2D eigenvalue weighted by molar-refractivity contribution is 5.98. The minimum absolute atomic E-state index is 0.249. The molecule has 0 saturated heterocycles. The second-order valence-electron chi connectivity index (χ2n) is 4.92. The average Bonchev–Trinajstić information content (AvgIpc) is 2.97. The van der Waals surface area contributed by atoms with Crippen molar-refractivity contribution in [2.24, 2.45) is 5.41 Å². The van der Waals surface area contributed by atoms with E-state index in [0.717, 1.165) is 12.8 Å². The number of ether oxygens (including phenoxy) is 2. The molecule has 1 aliphatic carbocycles. The molecule has 1 aliphatic rings. The van der Waals surface area contributed by atoms with Gasteiger partial charge in [0.2, 0.25) is 5.91 Å². The predicted molar refractivity (Wildman–Crippen MR) is 74.7 cm³/mol. The molecule has 106 valence electrons. The summed E-state index contributed by atoms with van der Waals surface area (Å²) >= 11 is 0. The van der Waals surface area contributed by atoms with Gasteiger partial charge in [-0.15, -0.1) is 0 Å². The van der Waals surface area contributed by atoms with E-state index < -0.39 is 5.41 Å². The fourth-order valence-electron chi connectivity index (χ4n) is 2.51. The Balaban J connectivity index is 2.21. The monoisotopic (exact) mass is 274 g/mol. The summed E-state index contributed by atoms with van der Waals surface area (Å²) in [6.45, 7) is 0. The number of nitrogens with zero attached hydrogens (tertiary/aromatic N) is 1. The maximum absolute atomic E-state index is 12.4. The second kappa shape index (κ2) is 5.83. The van der Waals surface area contributed by atoms with Crippen LogP contribution in [0.1, 0.15) is 25.7 Å². The Bertz CT molecular complexity index is 543. The third-order valence-electron chi connectivity index (χ3n) is 3.76. The minimum Gasteiger partial charge on any atom is -0.497 e. The lowest BCUT2D eigenvalue weighted by Gasteiger charge is -2.20. The fraction of sp³-hybridized carbons (Fsp3) is 0.467. The molecule has 0 atom stereocenters. The molecular formula is C15H18N2O3. The van der Waals surface area contributed by atoms with Crippen molar-refractivity contribution in [1.82, 2.24) is 0 Å². The van der Waals surface area contributed by atoms with Crippen LogP contribution in [-0.4, -0.2) is 20.1 Å². The summed E-state index contributed by atoms with van der Waals surface area (Å²) < 4.78 is 10.4. The van der Waals surface area contributed by atoms with Gasteiger partial charge < -0.3 is 14.8 Å². The van der Waals surface area contributed by atoms with E-state index in [1.54, 1.807) is 25.3 Å². The highest BCUT2D eigenvalue weighted by Gasteiger charge is 2.41. The minimum atomic E-state index is -0.898. The van der Waals surface area contributed by atoms with Gasteiger partial charge in [-0.1, -0.05) is 12.8 Å². The van der Waals surface area contributed by atoms with Gasteiger partial charge in [-0.3, -0.25) is 4.79 Å². The molecule has 1 amide bonds. The van der Waals surface area contributed by atoms with Gasteiger partial charge in [0.15, 0.2) is 0 Å². The summed E-state index contributed by atoms with van der Waals surface area (Å²) in [5, 5.41) is 12.1. The van der Waals surface area contributed by atoms with Gasteiger partial charge in [-0.05, 0) is 25.0 Å². The van der Waals surface area contributed by atoms with Crippen molar-refractivity contribution in [1.29, 1.82) is 5.26 Å². The highest BCUT2D eigenvalue weighted by Crippen LogP contribution is 2.39. The lowest BCUT2D eigenvalue weighted by Crippen LogP contribution is -2.32. The van der Waals surface area contributed by atoms with Crippen LogP contribution >= 0.6 is 0 Å². The van der Waals surface area contributed by atoms with Crippen molar-refractivity contribution in [3.63, 3.8) is 0 Å². The number of rotatable bonds is 4. The first-order valence-corrected chi connectivity index (χ1v) is 6.60. The first kappa shape index (κ1) is 14.2. The van der Waals surface area contributed by atoms with Crippen molar-refractivity contribution >= 4 is 11.6 Å². The Morgan fingerprint density at radius 2 is 2.00 bits per heavy atom. The Morgan fingerprint density at radius 1 is 1.30 bits per heavy atom. The van der Waals surface area contributed by atoms with E-state index in [-0.39, 0.29) is 5.91 Å². The van der Waals surface area contributed by atoms with Crippen molar-refractivity contribution in [3.8, 4) is 17.6 Å². The van der Waals surface area contributed by atoms with Crippen molar-refractivity contribution in [2.75, 3.05) is 19.5 Å². The maximum Gasteiger partial charge on any atom is 0.244 e. The SMILES string of the molecule is COc1ccc(NC(=O)C2(C#N)CCCC2)c(OC)c1. The standard InChI is InChI=1S/C15H18N2O3/c1-19-11-5-6-12(13(9-11)20-2)17-14(18)15(10-16)7-3-4-8-15/h5-6,9H,3-4,7-8H2,1-2H3,(H,17,18). The molecule has 5 heteroatoms. The normalized spacial score (nSPS) is 16.2. The Labute approximate surface area is 118 Å². The number of carbonyl (C=O) groups excluding carboxylic acids is 1. The maximum atomic E-state index is 12.4. The van der Waals surface area contributed by atoms with Gasteiger partial charge in [-0.25, -0.2) is 0 Å². The van der Waals surface area contributed by atoms with Gasteiger partial charge in [0.25, 0.3) is 0 Å². The number of carbonyl (C=O) groups is 1. The van der Waals surface area contributed by atoms with Gasteiger partial charge in [-0.2, -0.15) is 5.26 Å². The quantitative estimate of drug-likeness (QED) is 0.916. The zero-order valence-electron chi connectivity index (χ0n) is 11.7. The smallest absolute Gasteiger partial charge is 0.244 e. The molecule has 1 aromatic rings. The summed E-state index contributed by atoms with van der Waals surface area (Å²) in [7, 11) is 3.09. The summed E-state index contributed by atoms with van der Waals surface area (Å²) in [5.74, 6) is 0.917. The Hall–Kier alpha value is -2.22. The number of benzene rings is 1. The van der Waals surface area contributed by atoms with E-state index in [9.17, 15) is 10.1 Å². The van der Waals surface area contributed by atoms with Crippen LogP contribution in [0.3, 0.4) is 0 Å². The van der Waals surface area contributed by atoms with Gasteiger partial charge in [0.1, 0.15) is 16.9 Å². The molecule has 1 N–H and O–H groups in total.